The predicted octanol–water partition coefficient (Wildman–Crippen LogP) is 2.64. The van der Waals surface area contributed by atoms with Crippen molar-refractivity contribution in [2.45, 2.75) is 13.3 Å². The van der Waals surface area contributed by atoms with Crippen LogP contribution < -0.4 is 10.6 Å². The molecule has 0 spiro atoms. The number of aromatic nitrogens is 3. The molecule has 108 valence electrons. The third kappa shape index (κ3) is 3.13. The van der Waals surface area contributed by atoms with Crippen molar-refractivity contribution in [3.63, 3.8) is 0 Å². The smallest absolute Gasteiger partial charge is 0.320 e. The Hall–Kier alpha value is -2.15. The van der Waals surface area contributed by atoms with Crippen molar-refractivity contribution in [2.75, 3.05) is 17.6 Å². The second-order valence-electron chi connectivity index (χ2n) is 4.54. The average molecular weight is 301 g/mol. The highest BCUT2D eigenvalue weighted by Crippen LogP contribution is 2.29. The van der Waals surface area contributed by atoms with Crippen molar-refractivity contribution in [3.8, 4) is 0 Å². The number of pyridine rings is 1. The summed E-state index contributed by atoms with van der Waals surface area (Å²) in [4.78, 5) is 24.8. The van der Waals surface area contributed by atoms with Gasteiger partial charge < -0.3 is 5.32 Å². The highest BCUT2D eigenvalue weighted by molar-refractivity contribution is 8.02. The fourth-order valence-corrected chi connectivity index (χ4v) is 2.91. The minimum absolute atomic E-state index is 0.275. The summed E-state index contributed by atoms with van der Waals surface area (Å²) in [5.74, 6) is 1.55. The van der Waals surface area contributed by atoms with Crippen molar-refractivity contribution in [3.05, 3.63) is 29.4 Å². The van der Waals surface area contributed by atoms with Crippen molar-refractivity contribution in [1.82, 2.24) is 20.3 Å². The fourth-order valence-electron chi connectivity index (χ4n) is 2.02. The molecule has 0 aliphatic carbocycles. The van der Waals surface area contributed by atoms with Crippen LogP contribution in [0.25, 0.3) is 16.7 Å². The fraction of sp³-hybridized carbons (Fsp3) is 0.286. The molecule has 0 radical (unpaired) electrons. The highest BCUT2D eigenvalue weighted by Gasteiger charge is 2.11. The number of carbonyl (C=O) groups excluding carboxylic acids is 1. The second-order valence-corrected chi connectivity index (χ2v) is 5.52. The molecule has 3 heterocycles. The molecule has 6 nitrogen and oxygen atoms in total. The van der Waals surface area contributed by atoms with Crippen LogP contribution in [-0.4, -0.2) is 33.3 Å². The molecule has 0 saturated carbocycles. The van der Waals surface area contributed by atoms with Crippen LogP contribution in [0.5, 0.6) is 0 Å². The number of fused-ring (bicyclic) bond motifs is 1. The van der Waals surface area contributed by atoms with Gasteiger partial charge in [0.15, 0.2) is 5.65 Å². The SMILES string of the molecule is CCNC(=O)Nc1ccc2ncc(C3=CSCC3)nc2n1. The average Bonchev–Trinajstić information content (AvgIpc) is 3.01. The molecule has 0 bridgehead atoms. The van der Waals surface area contributed by atoms with E-state index in [2.05, 4.69) is 31.0 Å². The van der Waals surface area contributed by atoms with Crippen molar-refractivity contribution in [2.24, 2.45) is 0 Å². The Kier molecular flexibility index (Phi) is 4.01. The van der Waals surface area contributed by atoms with E-state index in [1.54, 1.807) is 30.1 Å². The van der Waals surface area contributed by atoms with E-state index < -0.39 is 0 Å². The molecule has 0 unspecified atom stereocenters. The van der Waals surface area contributed by atoms with Gasteiger partial charge in [-0.05, 0) is 36.5 Å². The topological polar surface area (TPSA) is 79.8 Å². The van der Waals surface area contributed by atoms with Crippen LogP contribution in [0.3, 0.4) is 0 Å². The van der Waals surface area contributed by atoms with Crippen molar-refractivity contribution in [1.29, 1.82) is 0 Å². The lowest BCUT2D eigenvalue weighted by Crippen LogP contribution is -2.28. The number of anilines is 1. The van der Waals surface area contributed by atoms with Gasteiger partial charge in [-0.3, -0.25) is 10.3 Å². The molecule has 2 aromatic heterocycles. The minimum Gasteiger partial charge on any atom is -0.338 e. The quantitative estimate of drug-likeness (QED) is 0.911. The van der Waals surface area contributed by atoms with Crippen molar-refractivity contribution < 1.29 is 4.79 Å². The maximum Gasteiger partial charge on any atom is 0.320 e. The number of thioether (sulfide) groups is 1. The van der Waals surface area contributed by atoms with Gasteiger partial charge in [0.2, 0.25) is 0 Å². The predicted molar refractivity (Wildman–Crippen MR) is 85.1 cm³/mol. The van der Waals surface area contributed by atoms with E-state index in [9.17, 15) is 4.79 Å². The second kappa shape index (κ2) is 6.09. The first-order valence-electron chi connectivity index (χ1n) is 6.76. The van der Waals surface area contributed by atoms with E-state index >= 15 is 0 Å². The summed E-state index contributed by atoms with van der Waals surface area (Å²) in [5.41, 5.74) is 3.31. The van der Waals surface area contributed by atoms with Crippen LogP contribution in [0.15, 0.2) is 23.7 Å². The lowest BCUT2D eigenvalue weighted by Gasteiger charge is -2.06. The summed E-state index contributed by atoms with van der Waals surface area (Å²) in [5, 5.41) is 7.45. The number of urea groups is 1. The lowest BCUT2D eigenvalue weighted by molar-refractivity contribution is 0.252. The molecule has 0 atom stereocenters. The molecule has 7 heteroatoms. The summed E-state index contributed by atoms with van der Waals surface area (Å²) in [7, 11) is 0. The number of allylic oxidation sites excluding steroid dienone is 1. The molecule has 0 saturated heterocycles. The van der Waals surface area contributed by atoms with E-state index in [1.807, 2.05) is 6.92 Å². The van der Waals surface area contributed by atoms with Crippen LogP contribution in [0.4, 0.5) is 10.6 Å². The molecule has 2 amide bonds. The van der Waals surface area contributed by atoms with E-state index in [-0.39, 0.29) is 6.03 Å². The Labute approximate surface area is 126 Å². The van der Waals surface area contributed by atoms with Gasteiger partial charge in [-0.15, -0.1) is 11.8 Å². The zero-order chi connectivity index (χ0) is 14.7. The van der Waals surface area contributed by atoms with Gasteiger partial charge in [-0.1, -0.05) is 0 Å². The standard InChI is InChI=1S/C14H15N5OS/c1-2-15-14(20)19-12-4-3-10-13(18-12)17-11(7-16-10)9-5-6-21-8-9/h3-4,7-8H,2,5-6H2,1H3,(H2,15,17,18,19,20). The van der Waals surface area contributed by atoms with E-state index in [4.69, 9.17) is 0 Å². The maximum absolute atomic E-state index is 11.5. The first-order valence-corrected chi connectivity index (χ1v) is 7.81. The zero-order valence-electron chi connectivity index (χ0n) is 11.6. The van der Waals surface area contributed by atoms with Gasteiger partial charge in [0.1, 0.15) is 11.3 Å². The maximum atomic E-state index is 11.5. The molecular formula is C14H15N5OS. The van der Waals surface area contributed by atoms with Crippen LogP contribution in [0.2, 0.25) is 0 Å². The Morgan fingerprint density at radius 2 is 2.29 bits per heavy atom. The van der Waals surface area contributed by atoms with Gasteiger partial charge in [-0.25, -0.2) is 14.8 Å². The number of amides is 2. The Morgan fingerprint density at radius 1 is 1.38 bits per heavy atom. The third-order valence-electron chi connectivity index (χ3n) is 3.03. The number of hydrogen-bond donors (Lipinski definition) is 2. The largest absolute Gasteiger partial charge is 0.338 e. The van der Waals surface area contributed by atoms with Gasteiger partial charge in [0.25, 0.3) is 0 Å². The van der Waals surface area contributed by atoms with Gasteiger partial charge in [0, 0.05) is 12.3 Å². The van der Waals surface area contributed by atoms with Crippen LogP contribution in [0.1, 0.15) is 19.0 Å². The first kappa shape index (κ1) is 13.8. The van der Waals surface area contributed by atoms with Gasteiger partial charge in [-0.2, -0.15) is 0 Å². The molecule has 2 N–H and O–H groups in total. The van der Waals surface area contributed by atoms with Gasteiger partial charge >= 0.3 is 6.03 Å². The highest BCUT2D eigenvalue weighted by atomic mass is 32.2. The Bertz CT molecular complexity index is 716. The lowest BCUT2D eigenvalue weighted by atomic mass is 10.2. The molecular weight excluding hydrogens is 286 g/mol. The molecule has 0 fully saturated rings. The van der Waals surface area contributed by atoms with Gasteiger partial charge in [0.05, 0.1) is 11.9 Å². The number of rotatable bonds is 3. The summed E-state index contributed by atoms with van der Waals surface area (Å²) in [6.45, 7) is 2.42. The molecule has 1 aliphatic rings. The minimum atomic E-state index is -0.275. The Balaban J connectivity index is 1.90. The summed E-state index contributed by atoms with van der Waals surface area (Å²) < 4.78 is 0. The normalized spacial score (nSPS) is 14.0. The van der Waals surface area contributed by atoms with Crippen molar-refractivity contribution >= 4 is 40.3 Å². The van der Waals surface area contributed by atoms with E-state index in [0.29, 0.717) is 23.5 Å². The Morgan fingerprint density at radius 3 is 3.05 bits per heavy atom. The number of nitrogens with one attached hydrogen (secondary N) is 2. The van der Waals surface area contributed by atoms with E-state index in [1.165, 1.54) is 5.57 Å². The first-order chi connectivity index (χ1) is 10.3. The van der Waals surface area contributed by atoms with Crippen LogP contribution >= 0.6 is 11.8 Å². The van der Waals surface area contributed by atoms with E-state index in [0.717, 1.165) is 17.9 Å². The van der Waals surface area contributed by atoms with Crippen LogP contribution in [0, 0.1) is 0 Å². The van der Waals surface area contributed by atoms with Crippen LogP contribution in [-0.2, 0) is 0 Å². The molecule has 3 rings (SSSR count). The molecule has 21 heavy (non-hydrogen) atoms. The number of carbonyl (C=O) groups is 1. The monoisotopic (exact) mass is 301 g/mol. The third-order valence-corrected chi connectivity index (χ3v) is 3.92. The molecule has 1 aliphatic heterocycles. The summed E-state index contributed by atoms with van der Waals surface area (Å²) in [6, 6.07) is 3.25. The summed E-state index contributed by atoms with van der Waals surface area (Å²) in [6.07, 6.45) is 2.78. The molecule has 0 aromatic carbocycles. The molecule has 2 aromatic rings. The number of hydrogen-bond acceptors (Lipinski definition) is 5. The summed E-state index contributed by atoms with van der Waals surface area (Å²) >= 11 is 1.78. The zero-order valence-corrected chi connectivity index (χ0v) is 12.4. The number of nitrogens with zero attached hydrogens (tertiary/aromatic N) is 3.